The van der Waals surface area contributed by atoms with Crippen molar-refractivity contribution < 1.29 is 9.59 Å². The fourth-order valence-corrected chi connectivity index (χ4v) is 7.23. The Morgan fingerprint density at radius 1 is 1.25 bits per heavy atom. The molecule has 0 aromatic heterocycles. The number of nitrogens with one attached hydrogen (secondary N) is 1. The van der Waals surface area contributed by atoms with Gasteiger partial charge in [-0.25, -0.2) is 0 Å². The van der Waals surface area contributed by atoms with Gasteiger partial charge >= 0.3 is 0 Å². The Morgan fingerprint density at radius 3 is 2.56 bits per heavy atom. The molecule has 32 heavy (non-hydrogen) atoms. The zero-order chi connectivity index (χ0) is 22.8. The van der Waals surface area contributed by atoms with Crippen molar-refractivity contribution in [2.75, 3.05) is 19.0 Å². The fraction of sp³-hybridized carbons (Fsp3) is 0.615. The van der Waals surface area contributed by atoms with Crippen molar-refractivity contribution in [1.82, 2.24) is 10.2 Å². The van der Waals surface area contributed by atoms with Gasteiger partial charge in [0.15, 0.2) is 0 Å². The van der Waals surface area contributed by atoms with Crippen LogP contribution in [0.4, 0.5) is 0 Å². The van der Waals surface area contributed by atoms with E-state index in [1.807, 2.05) is 48.2 Å². The highest BCUT2D eigenvalue weighted by atomic mass is 32.2. The number of piperidine rings is 1. The molecule has 2 amide bonds. The van der Waals surface area contributed by atoms with Crippen molar-refractivity contribution in [2.45, 2.75) is 63.2 Å². The van der Waals surface area contributed by atoms with Gasteiger partial charge in [-0.3, -0.25) is 9.59 Å². The third-order valence-corrected chi connectivity index (χ3v) is 9.73. The van der Waals surface area contributed by atoms with Crippen LogP contribution in [0.25, 0.3) is 6.08 Å². The summed E-state index contributed by atoms with van der Waals surface area (Å²) in [4.78, 5) is 27.0. The third-order valence-electron chi connectivity index (χ3n) is 8.28. The number of hydrogen-bond acceptors (Lipinski definition) is 4. The minimum Gasteiger partial charge on any atom is -0.368 e. The predicted molar refractivity (Wildman–Crippen MR) is 132 cm³/mol. The molecule has 1 saturated heterocycles. The van der Waals surface area contributed by atoms with Gasteiger partial charge in [0.25, 0.3) is 0 Å². The lowest BCUT2D eigenvalue weighted by molar-refractivity contribution is -0.127. The van der Waals surface area contributed by atoms with Crippen molar-refractivity contribution in [3.8, 4) is 0 Å². The smallest absolute Gasteiger partial charge is 0.246 e. The second kappa shape index (κ2) is 9.60. The highest BCUT2D eigenvalue weighted by molar-refractivity contribution is 8.01. The SMILES string of the molecule is CC(SCN[C@H]1CC2CC[C@@]1(C)C2)(C(N)=O)C1CCN(C(=O)/C=C/c2ccccc2)CC1. The number of carbonyl (C=O) groups excluding carboxylic acids is 2. The van der Waals surface area contributed by atoms with Crippen LogP contribution in [0.2, 0.25) is 0 Å². The van der Waals surface area contributed by atoms with E-state index in [-0.39, 0.29) is 17.7 Å². The normalized spacial score (nSPS) is 30.0. The van der Waals surface area contributed by atoms with Crippen LogP contribution in [-0.4, -0.2) is 46.5 Å². The fourth-order valence-electron chi connectivity index (χ4n) is 6.03. The van der Waals surface area contributed by atoms with Crippen LogP contribution in [-0.2, 0) is 9.59 Å². The summed E-state index contributed by atoms with van der Waals surface area (Å²) >= 11 is 1.67. The summed E-state index contributed by atoms with van der Waals surface area (Å²) in [6, 6.07) is 10.4. The van der Waals surface area contributed by atoms with E-state index in [4.69, 9.17) is 5.73 Å². The van der Waals surface area contributed by atoms with Crippen molar-refractivity contribution in [2.24, 2.45) is 23.0 Å². The van der Waals surface area contributed by atoms with Gasteiger partial charge in [-0.15, -0.1) is 11.8 Å². The van der Waals surface area contributed by atoms with E-state index >= 15 is 0 Å². The van der Waals surface area contributed by atoms with Gasteiger partial charge in [0.2, 0.25) is 11.8 Å². The maximum absolute atomic E-state index is 12.6. The summed E-state index contributed by atoms with van der Waals surface area (Å²) in [5.41, 5.74) is 7.35. The maximum atomic E-state index is 12.6. The Hall–Kier alpha value is -1.79. The average Bonchev–Trinajstić information content (AvgIpc) is 3.33. The Kier molecular flexibility index (Phi) is 7.01. The number of nitrogens with zero attached hydrogens (tertiary/aromatic N) is 1. The van der Waals surface area contributed by atoms with E-state index in [1.165, 1.54) is 25.7 Å². The first kappa shape index (κ1) is 23.4. The number of fused-ring (bicyclic) bond motifs is 2. The Morgan fingerprint density at radius 2 is 1.97 bits per heavy atom. The summed E-state index contributed by atoms with van der Waals surface area (Å²) in [5.74, 6) is 1.61. The summed E-state index contributed by atoms with van der Waals surface area (Å²) in [6.45, 7) is 5.75. The molecule has 2 bridgehead atoms. The van der Waals surface area contributed by atoms with Gasteiger partial charge in [-0.1, -0.05) is 37.3 Å². The molecular weight excluding hydrogens is 418 g/mol. The van der Waals surface area contributed by atoms with Crippen molar-refractivity contribution in [3.05, 3.63) is 42.0 Å². The standard InChI is InChI=1S/C26H37N3O2S/c1-25-13-10-20(17-25)16-22(25)28-18-32-26(2,24(27)31)21-11-14-29(15-12-21)23(30)9-8-19-6-4-3-5-7-19/h3-9,20-22,28H,10-18H2,1-2H3,(H2,27,31)/b9-8+/t20?,22-,25-,26?/m0/s1. The van der Waals surface area contributed by atoms with Crippen LogP contribution in [0.15, 0.2) is 36.4 Å². The minimum atomic E-state index is -0.611. The quantitative estimate of drug-likeness (QED) is 0.458. The number of hydrogen-bond donors (Lipinski definition) is 2. The van der Waals surface area contributed by atoms with Crippen molar-refractivity contribution in [1.29, 1.82) is 0 Å². The number of thioether (sulfide) groups is 1. The highest BCUT2D eigenvalue weighted by Gasteiger charge is 2.49. The second-order valence-corrected chi connectivity index (χ2v) is 11.8. The zero-order valence-corrected chi connectivity index (χ0v) is 20.2. The lowest BCUT2D eigenvalue weighted by Crippen LogP contribution is -2.51. The summed E-state index contributed by atoms with van der Waals surface area (Å²) in [6.07, 6.45) is 10.4. The number of nitrogens with two attached hydrogens (primary N) is 1. The first-order chi connectivity index (χ1) is 15.3. The first-order valence-corrected chi connectivity index (χ1v) is 13.0. The zero-order valence-electron chi connectivity index (χ0n) is 19.4. The molecule has 3 N–H and O–H groups in total. The van der Waals surface area contributed by atoms with Crippen molar-refractivity contribution >= 4 is 29.7 Å². The molecule has 1 aromatic carbocycles. The Labute approximate surface area is 196 Å². The van der Waals surface area contributed by atoms with E-state index in [0.717, 1.165) is 30.2 Å². The van der Waals surface area contributed by atoms with Crippen LogP contribution < -0.4 is 11.1 Å². The Bertz CT molecular complexity index is 852. The average molecular weight is 456 g/mol. The lowest BCUT2D eigenvalue weighted by Gasteiger charge is -2.41. The van der Waals surface area contributed by atoms with Crippen LogP contribution >= 0.6 is 11.8 Å². The van der Waals surface area contributed by atoms with Gasteiger partial charge in [0, 0.05) is 31.1 Å². The van der Waals surface area contributed by atoms with E-state index < -0.39 is 4.75 Å². The number of likely N-dealkylation sites (tertiary alicyclic amines) is 1. The van der Waals surface area contributed by atoms with Gasteiger partial charge in [0.1, 0.15) is 0 Å². The summed E-state index contributed by atoms with van der Waals surface area (Å²) < 4.78 is -0.611. The first-order valence-electron chi connectivity index (χ1n) is 12.0. The molecule has 6 heteroatoms. The Balaban J connectivity index is 1.28. The molecule has 2 unspecified atom stereocenters. The van der Waals surface area contributed by atoms with Crippen molar-refractivity contribution in [3.63, 3.8) is 0 Å². The molecule has 1 aliphatic heterocycles. The van der Waals surface area contributed by atoms with E-state index in [0.29, 0.717) is 24.5 Å². The molecule has 3 fully saturated rings. The number of benzene rings is 1. The predicted octanol–water partition coefficient (Wildman–Crippen LogP) is 4.04. The summed E-state index contributed by atoms with van der Waals surface area (Å²) in [5, 5.41) is 3.74. The highest BCUT2D eigenvalue weighted by Crippen LogP contribution is 2.54. The minimum absolute atomic E-state index is 0.0342. The van der Waals surface area contributed by atoms with Crippen LogP contribution in [0.3, 0.4) is 0 Å². The van der Waals surface area contributed by atoms with Crippen LogP contribution in [0.1, 0.15) is 57.9 Å². The molecule has 4 rings (SSSR count). The molecule has 0 radical (unpaired) electrons. The van der Waals surface area contributed by atoms with E-state index in [9.17, 15) is 9.59 Å². The van der Waals surface area contributed by atoms with Gasteiger partial charge < -0.3 is 16.0 Å². The van der Waals surface area contributed by atoms with Crippen LogP contribution in [0.5, 0.6) is 0 Å². The topological polar surface area (TPSA) is 75.4 Å². The third kappa shape index (κ3) is 4.91. The van der Waals surface area contributed by atoms with Crippen LogP contribution in [0, 0.1) is 17.3 Å². The largest absolute Gasteiger partial charge is 0.368 e. The molecule has 0 spiro atoms. The molecular formula is C26H37N3O2S. The van der Waals surface area contributed by atoms with Gasteiger partial charge in [-0.2, -0.15) is 0 Å². The monoisotopic (exact) mass is 455 g/mol. The van der Waals surface area contributed by atoms with E-state index in [2.05, 4.69) is 12.2 Å². The van der Waals surface area contributed by atoms with Gasteiger partial charge in [0.05, 0.1) is 4.75 Å². The molecule has 2 aliphatic carbocycles. The molecule has 3 aliphatic rings. The van der Waals surface area contributed by atoms with Gasteiger partial charge in [-0.05, 0) is 74.3 Å². The lowest BCUT2D eigenvalue weighted by atomic mass is 9.82. The molecule has 1 aromatic rings. The van der Waals surface area contributed by atoms with E-state index in [1.54, 1.807) is 17.8 Å². The molecule has 174 valence electrons. The molecule has 1 heterocycles. The molecule has 4 atom stereocenters. The molecule has 2 saturated carbocycles. The maximum Gasteiger partial charge on any atom is 0.246 e. The second-order valence-electron chi connectivity index (χ2n) is 10.4. The number of carbonyl (C=O) groups is 2. The molecule has 5 nitrogen and oxygen atoms in total. The number of primary amides is 1. The summed E-state index contributed by atoms with van der Waals surface area (Å²) in [7, 11) is 0. The number of rotatable bonds is 8. The number of amides is 2.